The number of carbonyl (C=O) groups excluding carboxylic acids is 1. The van der Waals surface area contributed by atoms with Gasteiger partial charge in [0.2, 0.25) is 0 Å². The van der Waals surface area contributed by atoms with Gasteiger partial charge >= 0.3 is 12.1 Å². The summed E-state index contributed by atoms with van der Waals surface area (Å²) in [5, 5.41) is 13.4. The number of ether oxygens (including phenoxy) is 1. The van der Waals surface area contributed by atoms with E-state index in [4.69, 9.17) is 20.4 Å². The minimum atomic E-state index is -5.08. The second kappa shape index (κ2) is 12.2. The van der Waals surface area contributed by atoms with E-state index in [0.717, 1.165) is 13.0 Å². The van der Waals surface area contributed by atoms with Gasteiger partial charge in [-0.2, -0.15) is 13.2 Å². The quantitative estimate of drug-likeness (QED) is 0.193. The molecule has 2 unspecified atom stereocenters. The highest BCUT2D eigenvalue weighted by atomic mass is 19.4. The van der Waals surface area contributed by atoms with Gasteiger partial charge in [-0.1, -0.05) is 24.3 Å². The lowest BCUT2D eigenvalue weighted by Gasteiger charge is -2.10. The van der Waals surface area contributed by atoms with E-state index in [1.165, 1.54) is 17.7 Å². The SMILES string of the molecule is Nc1ccccc1NC(=O)c1ccc(OCCNC2CC2c2ccc(F)cc2)cc1.O=C(O)C(F)(F)F. The molecule has 4 rings (SSSR count). The van der Waals surface area contributed by atoms with Crippen LogP contribution in [0.2, 0.25) is 0 Å². The van der Waals surface area contributed by atoms with Crippen LogP contribution in [0.1, 0.15) is 28.3 Å². The summed E-state index contributed by atoms with van der Waals surface area (Å²) in [6.07, 6.45) is -4.03. The van der Waals surface area contributed by atoms with Crippen LogP contribution in [0.25, 0.3) is 0 Å². The highest BCUT2D eigenvalue weighted by molar-refractivity contribution is 6.05. The van der Waals surface area contributed by atoms with Crippen LogP contribution in [-0.4, -0.2) is 42.4 Å². The number of hydrogen-bond acceptors (Lipinski definition) is 5. The molecule has 11 heteroatoms. The lowest BCUT2D eigenvalue weighted by Crippen LogP contribution is -2.24. The molecule has 0 aromatic heterocycles. The molecule has 1 aliphatic carbocycles. The van der Waals surface area contributed by atoms with E-state index in [9.17, 15) is 22.4 Å². The van der Waals surface area contributed by atoms with E-state index < -0.39 is 12.1 Å². The van der Waals surface area contributed by atoms with Crippen LogP contribution in [-0.2, 0) is 4.79 Å². The van der Waals surface area contributed by atoms with Gasteiger partial charge in [0.25, 0.3) is 5.91 Å². The number of halogens is 4. The zero-order valence-electron chi connectivity index (χ0n) is 19.5. The number of amides is 1. The molecule has 196 valence electrons. The van der Waals surface area contributed by atoms with Gasteiger partial charge in [0, 0.05) is 24.1 Å². The summed E-state index contributed by atoms with van der Waals surface area (Å²) in [6, 6.07) is 21.3. The Morgan fingerprint density at radius 1 is 1.00 bits per heavy atom. The third-order valence-corrected chi connectivity index (χ3v) is 5.43. The Morgan fingerprint density at radius 2 is 1.62 bits per heavy atom. The number of nitrogen functional groups attached to an aromatic ring is 1. The predicted octanol–water partition coefficient (Wildman–Crippen LogP) is 4.82. The van der Waals surface area contributed by atoms with E-state index >= 15 is 0 Å². The van der Waals surface area contributed by atoms with Crippen LogP contribution in [0.4, 0.5) is 28.9 Å². The lowest BCUT2D eigenvalue weighted by molar-refractivity contribution is -0.192. The third-order valence-electron chi connectivity index (χ3n) is 5.43. The summed E-state index contributed by atoms with van der Waals surface area (Å²) in [7, 11) is 0. The van der Waals surface area contributed by atoms with Gasteiger partial charge in [0.05, 0.1) is 11.4 Å². The van der Waals surface area contributed by atoms with E-state index in [1.807, 2.05) is 24.3 Å². The summed E-state index contributed by atoms with van der Waals surface area (Å²) in [6.45, 7) is 1.25. The molecule has 5 N–H and O–H groups in total. The zero-order valence-corrected chi connectivity index (χ0v) is 19.5. The number of rotatable bonds is 8. The Morgan fingerprint density at radius 3 is 2.22 bits per heavy atom. The predicted molar refractivity (Wildman–Crippen MR) is 130 cm³/mol. The number of aliphatic carboxylic acids is 1. The minimum Gasteiger partial charge on any atom is -0.492 e. The van der Waals surface area contributed by atoms with E-state index in [1.54, 1.807) is 36.4 Å². The fourth-order valence-electron chi connectivity index (χ4n) is 3.42. The summed E-state index contributed by atoms with van der Waals surface area (Å²) in [5.74, 6) is -2.03. The van der Waals surface area contributed by atoms with Gasteiger partial charge in [-0.15, -0.1) is 0 Å². The average molecular weight is 519 g/mol. The van der Waals surface area contributed by atoms with E-state index in [-0.39, 0.29) is 11.7 Å². The number of anilines is 2. The second-order valence-electron chi connectivity index (χ2n) is 8.17. The largest absolute Gasteiger partial charge is 0.492 e. The first-order chi connectivity index (χ1) is 17.5. The second-order valence-corrected chi connectivity index (χ2v) is 8.17. The number of carboxylic acid groups (broad SMARTS) is 1. The monoisotopic (exact) mass is 519 g/mol. The van der Waals surface area contributed by atoms with Gasteiger partial charge in [-0.05, 0) is 60.5 Å². The molecule has 1 aliphatic rings. The van der Waals surface area contributed by atoms with Crippen molar-refractivity contribution in [1.82, 2.24) is 5.32 Å². The summed E-state index contributed by atoms with van der Waals surface area (Å²) in [4.78, 5) is 21.2. The van der Waals surface area contributed by atoms with Gasteiger partial charge in [-0.3, -0.25) is 4.79 Å². The number of carboxylic acids is 1. The molecule has 37 heavy (non-hydrogen) atoms. The molecule has 2 atom stereocenters. The molecule has 3 aromatic carbocycles. The Hall–Kier alpha value is -4.12. The van der Waals surface area contributed by atoms with Crippen molar-refractivity contribution < 1.29 is 37.0 Å². The van der Waals surface area contributed by atoms with Crippen LogP contribution in [0.3, 0.4) is 0 Å². The van der Waals surface area contributed by atoms with Gasteiger partial charge < -0.3 is 26.2 Å². The molecular weight excluding hydrogens is 494 g/mol. The highest BCUT2D eigenvalue weighted by Crippen LogP contribution is 2.40. The van der Waals surface area contributed by atoms with Crippen LogP contribution in [0, 0.1) is 5.82 Å². The number of nitrogens with one attached hydrogen (secondary N) is 2. The van der Waals surface area contributed by atoms with E-state index in [0.29, 0.717) is 41.3 Å². The molecule has 0 aliphatic heterocycles. The van der Waals surface area contributed by atoms with Gasteiger partial charge in [-0.25, -0.2) is 9.18 Å². The van der Waals surface area contributed by atoms with Gasteiger partial charge in [0.15, 0.2) is 0 Å². The topological polar surface area (TPSA) is 114 Å². The molecular formula is C26H25F4N3O4. The maximum atomic E-state index is 13.0. The fourth-order valence-corrected chi connectivity index (χ4v) is 3.42. The normalized spacial score (nSPS) is 16.2. The summed E-state index contributed by atoms with van der Waals surface area (Å²) >= 11 is 0. The van der Waals surface area contributed by atoms with E-state index in [2.05, 4.69) is 10.6 Å². The third kappa shape index (κ3) is 8.50. The molecule has 0 heterocycles. The maximum absolute atomic E-state index is 13.0. The van der Waals surface area contributed by atoms with Crippen molar-refractivity contribution in [2.75, 3.05) is 24.2 Å². The van der Waals surface area contributed by atoms with Gasteiger partial charge in [0.1, 0.15) is 18.2 Å². The Kier molecular flexibility index (Phi) is 9.07. The van der Waals surface area contributed by atoms with Crippen LogP contribution >= 0.6 is 0 Å². The molecule has 7 nitrogen and oxygen atoms in total. The van der Waals surface area contributed by atoms with Crippen molar-refractivity contribution in [2.45, 2.75) is 24.6 Å². The Labute approximate surface area is 210 Å². The molecule has 3 aromatic rings. The smallest absolute Gasteiger partial charge is 0.490 e. The van der Waals surface area contributed by atoms with Crippen molar-refractivity contribution in [3.63, 3.8) is 0 Å². The molecule has 1 saturated carbocycles. The Balaban J connectivity index is 0.000000479. The maximum Gasteiger partial charge on any atom is 0.490 e. The van der Waals surface area contributed by atoms with Crippen LogP contribution < -0.4 is 21.1 Å². The van der Waals surface area contributed by atoms with Crippen molar-refractivity contribution in [2.24, 2.45) is 0 Å². The van der Waals surface area contributed by atoms with Crippen molar-refractivity contribution in [3.8, 4) is 5.75 Å². The van der Waals surface area contributed by atoms with Crippen LogP contribution in [0.15, 0.2) is 72.8 Å². The molecule has 0 saturated heterocycles. The van der Waals surface area contributed by atoms with Crippen LogP contribution in [0.5, 0.6) is 5.75 Å². The number of alkyl halides is 3. The minimum absolute atomic E-state index is 0.204. The number of nitrogens with two attached hydrogens (primary N) is 1. The fraction of sp³-hybridized carbons (Fsp3) is 0.231. The lowest BCUT2D eigenvalue weighted by atomic mass is 10.1. The number of hydrogen-bond donors (Lipinski definition) is 4. The average Bonchev–Trinajstić information content (AvgIpc) is 3.63. The molecule has 1 fully saturated rings. The van der Waals surface area contributed by atoms with Crippen molar-refractivity contribution in [1.29, 1.82) is 0 Å². The zero-order chi connectivity index (χ0) is 27.0. The number of benzene rings is 3. The molecule has 1 amide bonds. The standard InChI is InChI=1S/C24H24FN3O2.C2HF3O2/c25-18-9-5-16(6-10-18)20-15-23(20)27-13-14-30-19-11-7-17(8-12-19)24(29)28-22-4-2-1-3-21(22)26;3-2(4,5)1(6)7/h1-12,20,23,27H,13-15,26H2,(H,28,29);(H,6,7). The highest BCUT2D eigenvalue weighted by Gasteiger charge is 2.38. The first-order valence-corrected chi connectivity index (χ1v) is 11.2. The Bertz CT molecular complexity index is 1200. The summed E-state index contributed by atoms with van der Waals surface area (Å²) in [5.41, 5.74) is 8.67. The first kappa shape index (κ1) is 27.5. The van der Waals surface area contributed by atoms with Crippen molar-refractivity contribution in [3.05, 3.63) is 89.7 Å². The van der Waals surface area contributed by atoms with Crippen molar-refractivity contribution >= 4 is 23.3 Å². The summed E-state index contributed by atoms with van der Waals surface area (Å²) < 4.78 is 50.5. The molecule has 0 spiro atoms. The molecule has 0 bridgehead atoms. The first-order valence-electron chi connectivity index (χ1n) is 11.2. The molecule has 0 radical (unpaired) electrons. The number of para-hydroxylation sites is 2. The number of carbonyl (C=O) groups is 2.